The van der Waals surface area contributed by atoms with Crippen LogP contribution in [0.4, 0.5) is 0 Å². The number of hydrogen-bond acceptors (Lipinski definition) is 9. The Morgan fingerprint density at radius 3 is 0.571 bits per heavy atom. The second kappa shape index (κ2) is 22.5. The zero-order chi connectivity index (χ0) is 10.7. The average molecular weight is 263 g/mol. The molecule has 0 aliphatic carbocycles. The molecule has 0 unspecified atom stereocenters. The normalized spacial score (nSPS) is 5.14. The molecule has 0 spiro atoms. The van der Waals surface area contributed by atoms with E-state index in [-0.39, 0.29) is 22.6 Å². The fourth-order valence-electron chi connectivity index (χ4n) is 0. The Morgan fingerprint density at radius 2 is 0.571 bits per heavy atom. The van der Waals surface area contributed by atoms with Crippen LogP contribution in [-0.4, -0.2) is 15.3 Å². The van der Waals surface area contributed by atoms with E-state index in [2.05, 4.69) is 0 Å². The first kappa shape index (κ1) is 29.6. The van der Waals surface area contributed by atoms with Crippen LogP contribution in [0.15, 0.2) is 0 Å². The first-order valence-corrected chi connectivity index (χ1v) is 1.64. The van der Waals surface area contributed by atoms with Crippen molar-refractivity contribution in [1.82, 2.24) is 6.15 Å². The molecule has 13 nitrogen and oxygen atoms in total. The standard InChI is InChI=1S/3NO3.H3N.Ni/c3*2-1(3)4;;/h;;;1H3;/q3*-1;;+2/p+1. The molecule has 14 heavy (non-hydrogen) atoms. The summed E-state index contributed by atoms with van der Waals surface area (Å²) in [7, 11) is 0. The summed E-state index contributed by atoms with van der Waals surface area (Å²) in [6, 6.07) is 0. The summed E-state index contributed by atoms with van der Waals surface area (Å²) < 4.78 is 0. The Kier molecular flexibility index (Phi) is 47.5. The molecule has 0 fully saturated rings. The van der Waals surface area contributed by atoms with Crippen molar-refractivity contribution in [3.63, 3.8) is 0 Å². The first-order chi connectivity index (χ1) is 5.20. The maximum Gasteiger partial charge on any atom is 2.00 e. The number of quaternary nitrogens is 1. The number of nitrogens with zero attached hydrogens (tertiary/aromatic N) is 3. The van der Waals surface area contributed by atoms with Crippen molar-refractivity contribution in [2.24, 2.45) is 0 Å². The summed E-state index contributed by atoms with van der Waals surface area (Å²) in [4.78, 5) is 24.8. The fraction of sp³-hybridized carbons (Fsp3) is 0. The van der Waals surface area contributed by atoms with Crippen LogP contribution in [0, 0.1) is 46.0 Å². The summed E-state index contributed by atoms with van der Waals surface area (Å²) in [5.41, 5.74) is 0. The molecule has 0 saturated carbocycles. The molecule has 14 heteroatoms. The molecule has 0 saturated heterocycles. The van der Waals surface area contributed by atoms with E-state index in [0.717, 1.165) is 0 Å². The molecule has 0 atom stereocenters. The summed E-state index contributed by atoms with van der Waals surface area (Å²) in [6.45, 7) is 0. The van der Waals surface area contributed by atoms with Gasteiger partial charge in [0.25, 0.3) is 0 Å². The van der Waals surface area contributed by atoms with Crippen molar-refractivity contribution < 1.29 is 31.8 Å². The first-order valence-electron chi connectivity index (χ1n) is 1.64. The Bertz CT molecular complexity index is 114. The molecule has 4 N–H and O–H groups in total. The van der Waals surface area contributed by atoms with Gasteiger partial charge in [-0.25, -0.2) is 0 Å². The van der Waals surface area contributed by atoms with Crippen LogP contribution < -0.4 is 6.15 Å². The Labute approximate surface area is 84.8 Å². The van der Waals surface area contributed by atoms with Crippen LogP contribution in [0.2, 0.25) is 0 Å². The van der Waals surface area contributed by atoms with Crippen molar-refractivity contribution >= 4 is 0 Å². The molecule has 0 aromatic rings. The van der Waals surface area contributed by atoms with Crippen molar-refractivity contribution in [2.45, 2.75) is 0 Å². The molecule has 88 valence electrons. The van der Waals surface area contributed by atoms with E-state index in [4.69, 9.17) is 46.0 Å². The van der Waals surface area contributed by atoms with Crippen molar-refractivity contribution in [2.75, 3.05) is 0 Å². The van der Waals surface area contributed by atoms with E-state index in [1.807, 2.05) is 0 Å². The van der Waals surface area contributed by atoms with Crippen LogP contribution in [0.25, 0.3) is 0 Å². The second-order valence-corrected chi connectivity index (χ2v) is 0.671. The van der Waals surface area contributed by atoms with Crippen LogP contribution in [0.1, 0.15) is 0 Å². The zero-order valence-corrected chi connectivity index (χ0v) is 7.32. The largest absolute Gasteiger partial charge is 2.00 e. The van der Waals surface area contributed by atoms with Gasteiger partial charge in [-0.15, -0.1) is 0 Å². The molecule has 0 aliphatic rings. The van der Waals surface area contributed by atoms with Gasteiger partial charge >= 0.3 is 16.5 Å². The molecular formula is H4N4NiO9. The third-order valence-corrected chi connectivity index (χ3v) is 0. The minimum absolute atomic E-state index is 0. The minimum Gasteiger partial charge on any atom is -0.369 e. The van der Waals surface area contributed by atoms with Gasteiger partial charge in [-0.3, -0.25) is 0 Å². The Morgan fingerprint density at radius 1 is 0.571 bits per heavy atom. The maximum atomic E-state index is 8.25. The van der Waals surface area contributed by atoms with Gasteiger partial charge in [-0.2, -0.15) is 0 Å². The molecular weight excluding hydrogens is 259 g/mol. The third kappa shape index (κ3) is 217. The predicted octanol–water partition coefficient (Wildman–Crippen LogP) is -0.344. The van der Waals surface area contributed by atoms with Crippen molar-refractivity contribution in [3.05, 3.63) is 46.0 Å². The maximum absolute atomic E-state index is 8.25. The quantitative estimate of drug-likeness (QED) is 0.340. The van der Waals surface area contributed by atoms with E-state index in [1.165, 1.54) is 0 Å². The van der Waals surface area contributed by atoms with Gasteiger partial charge in [0.1, 0.15) is 0 Å². The van der Waals surface area contributed by atoms with Gasteiger partial charge in [-0.05, 0) is 0 Å². The second-order valence-electron chi connectivity index (χ2n) is 0.671. The molecule has 0 bridgehead atoms. The van der Waals surface area contributed by atoms with E-state index < -0.39 is 15.3 Å². The van der Waals surface area contributed by atoms with E-state index in [9.17, 15) is 0 Å². The predicted molar refractivity (Wildman–Crippen MR) is 37.1 cm³/mol. The van der Waals surface area contributed by atoms with Crippen LogP contribution >= 0.6 is 0 Å². The van der Waals surface area contributed by atoms with Gasteiger partial charge in [0, 0.05) is 0 Å². The van der Waals surface area contributed by atoms with Gasteiger partial charge in [0.05, 0.1) is 15.3 Å². The van der Waals surface area contributed by atoms with Crippen LogP contribution in [0.3, 0.4) is 0 Å². The molecule has 0 amide bonds. The molecule has 0 aliphatic heterocycles. The van der Waals surface area contributed by atoms with Gasteiger partial charge in [-0.1, -0.05) is 0 Å². The van der Waals surface area contributed by atoms with Gasteiger partial charge < -0.3 is 52.1 Å². The SMILES string of the molecule is O=[N+]([O-])[O-].O=[N+]([O-])[O-].O=[N+]([O-])[O-].[NH4+].[Ni+2]. The van der Waals surface area contributed by atoms with Gasteiger partial charge in [0.15, 0.2) is 0 Å². The molecule has 0 rings (SSSR count). The summed E-state index contributed by atoms with van der Waals surface area (Å²) in [5.74, 6) is 0. The molecule has 0 aromatic carbocycles. The fourth-order valence-corrected chi connectivity index (χ4v) is 0. The summed E-state index contributed by atoms with van der Waals surface area (Å²) in [6.07, 6.45) is 0. The average Bonchev–Trinajstić information content (AvgIpc) is 1.54. The van der Waals surface area contributed by atoms with Crippen LogP contribution in [-0.2, 0) is 16.5 Å². The molecule has 0 aromatic heterocycles. The summed E-state index contributed by atoms with van der Waals surface area (Å²) >= 11 is 0. The topological polar surface area (TPSA) is 235 Å². The monoisotopic (exact) mass is 262 g/mol. The van der Waals surface area contributed by atoms with Crippen molar-refractivity contribution in [3.8, 4) is 0 Å². The number of hydrogen-bond donors (Lipinski definition) is 1. The van der Waals surface area contributed by atoms with Crippen molar-refractivity contribution in [1.29, 1.82) is 0 Å². The smallest absolute Gasteiger partial charge is 0.369 e. The van der Waals surface area contributed by atoms with E-state index in [0.29, 0.717) is 0 Å². The van der Waals surface area contributed by atoms with Gasteiger partial charge in [0.2, 0.25) is 0 Å². The third-order valence-electron chi connectivity index (χ3n) is 0. The van der Waals surface area contributed by atoms with Crippen LogP contribution in [0.5, 0.6) is 0 Å². The Balaban J connectivity index is -0.0000000270. The summed E-state index contributed by atoms with van der Waals surface area (Å²) in [5, 5.41) is 44.2. The van der Waals surface area contributed by atoms with E-state index >= 15 is 0 Å². The minimum atomic E-state index is -1.75. The zero-order valence-electron chi connectivity index (χ0n) is 6.33. The molecule has 0 radical (unpaired) electrons. The van der Waals surface area contributed by atoms with E-state index in [1.54, 1.807) is 0 Å². The Hall–Kier alpha value is -1.95. The number of rotatable bonds is 0. The molecule has 0 heterocycles.